The minimum Gasteiger partial charge on any atom is -0.376 e. The van der Waals surface area contributed by atoms with Gasteiger partial charge in [-0.1, -0.05) is 44.2 Å². The van der Waals surface area contributed by atoms with Gasteiger partial charge in [0.15, 0.2) is 6.04 Å². The van der Waals surface area contributed by atoms with Gasteiger partial charge in [0.1, 0.15) is 32.7 Å². The average molecular weight is 401 g/mol. The number of piperazine rings is 1. The van der Waals surface area contributed by atoms with E-state index >= 15 is 0 Å². The minimum atomic E-state index is 0.263. The van der Waals surface area contributed by atoms with Crippen molar-refractivity contribution in [1.29, 1.82) is 0 Å². The maximum Gasteiger partial charge on any atom is 0.209 e. The quantitative estimate of drug-likeness (QED) is 0.651. The summed E-state index contributed by atoms with van der Waals surface area (Å²) in [7, 11) is 0. The number of nitrogens with zero attached hydrogens (tertiary/aromatic N) is 4. The van der Waals surface area contributed by atoms with Crippen LogP contribution in [-0.4, -0.2) is 59.1 Å². The molecule has 0 aliphatic carbocycles. The predicted molar refractivity (Wildman–Crippen MR) is 111 cm³/mol. The summed E-state index contributed by atoms with van der Waals surface area (Å²) in [5.41, 5.74) is 1.44. The molecule has 3 heterocycles. The Kier molecular flexibility index (Phi) is 6.90. The van der Waals surface area contributed by atoms with E-state index < -0.39 is 0 Å². The van der Waals surface area contributed by atoms with Crippen LogP contribution in [-0.2, 0) is 17.8 Å². The zero-order chi connectivity index (χ0) is 20.1. The summed E-state index contributed by atoms with van der Waals surface area (Å²) in [6.45, 7) is 12.1. The van der Waals surface area contributed by atoms with Crippen LogP contribution in [0, 0.1) is 5.92 Å². The van der Waals surface area contributed by atoms with Gasteiger partial charge < -0.3 is 14.5 Å². The lowest BCUT2D eigenvalue weighted by molar-refractivity contribution is -1.03. The highest BCUT2D eigenvalue weighted by molar-refractivity contribution is 5.13. The SMILES string of the molecule is CC(C)C[C@H](c1nnnn1C[C@@H]1CCCO1)[NH+]1CC[NH+](Cc2ccccc2)CC1. The molecule has 2 fully saturated rings. The van der Waals surface area contributed by atoms with E-state index in [2.05, 4.69) is 59.7 Å². The van der Waals surface area contributed by atoms with Crippen LogP contribution in [0.25, 0.3) is 0 Å². The van der Waals surface area contributed by atoms with Gasteiger partial charge in [-0.25, -0.2) is 4.68 Å². The molecule has 2 aliphatic heterocycles. The van der Waals surface area contributed by atoms with Crippen LogP contribution in [0.2, 0.25) is 0 Å². The fraction of sp³-hybridized carbons (Fsp3) is 0.682. The summed E-state index contributed by atoms with van der Waals surface area (Å²) < 4.78 is 7.86. The summed E-state index contributed by atoms with van der Waals surface area (Å²) in [5, 5.41) is 12.9. The Morgan fingerprint density at radius 1 is 1.14 bits per heavy atom. The largest absolute Gasteiger partial charge is 0.376 e. The molecule has 2 N–H and O–H groups in total. The normalized spacial score (nSPS) is 26.1. The first kappa shape index (κ1) is 20.4. The van der Waals surface area contributed by atoms with E-state index in [-0.39, 0.29) is 6.10 Å². The van der Waals surface area contributed by atoms with Crippen LogP contribution in [0.5, 0.6) is 0 Å². The number of rotatable bonds is 8. The molecule has 158 valence electrons. The van der Waals surface area contributed by atoms with E-state index in [1.807, 2.05) is 4.68 Å². The highest BCUT2D eigenvalue weighted by Crippen LogP contribution is 2.19. The lowest BCUT2D eigenvalue weighted by Gasteiger charge is -2.34. The molecule has 2 saturated heterocycles. The van der Waals surface area contributed by atoms with Gasteiger partial charge in [0.2, 0.25) is 5.82 Å². The maximum atomic E-state index is 5.83. The fourth-order valence-corrected chi connectivity index (χ4v) is 4.83. The molecule has 0 unspecified atom stereocenters. The van der Waals surface area contributed by atoms with E-state index in [1.54, 1.807) is 9.80 Å². The lowest BCUT2D eigenvalue weighted by Crippen LogP contribution is -3.27. The highest BCUT2D eigenvalue weighted by atomic mass is 16.5. The summed E-state index contributed by atoms with van der Waals surface area (Å²) in [6, 6.07) is 11.2. The van der Waals surface area contributed by atoms with Crippen LogP contribution in [0.15, 0.2) is 30.3 Å². The second-order valence-electron chi connectivity index (χ2n) is 9.11. The van der Waals surface area contributed by atoms with Crippen LogP contribution < -0.4 is 9.80 Å². The summed E-state index contributed by atoms with van der Waals surface area (Å²) in [6.07, 6.45) is 3.64. The number of hydrogen-bond donors (Lipinski definition) is 2. The van der Waals surface area contributed by atoms with Crippen LogP contribution in [0.3, 0.4) is 0 Å². The van der Waals surface area contributed by atoms with Crippen molar-refractivity contribution >= 4 is 0 Å². The van der Waals surface area contributed by atoms with Gasteiger partial charge >= 0.3 is 0 Å². The topological polar surface area (TPSA) is 61.7 Å². The van der Waals surface area contributed by atoms with Crippen molar-refractivity contribution in [3.8, 4) is 0 Å². The molecule has 1 aromatic carbocycles. The van der Waals surface area contributed by atoms with Crippen molar-refractivity contribution in [3.05, 3.63) is 41.7 Å². The van der Waals surface area contributed by atoms with Gasteiger partial charge in [0.05, 0.1) is 12.6 Å². The van der Waals surface area contributed by atoms with Crippen LogP contribution in [0.1, 0.15) is 50.5 Å². The molecule has 2 aliphatic rings. The number of aromatic nitrogens is 4. The summed E-state index contributed by atoms with van der Waals surface area (Å²) in [5.74, 6) is 1.67. The maximum absolute atomic E-state index is 5.83. The van der Waals surface area contributed by atoms with Crippen molar-refractivity contribution in [2.45, 2.75) is 58.3 Å². The highest BCUT2D eigenvalue weighted by Gasteiger charge is 2.35. The molecule has 0 bridgehead atoms. The van der Waals surface area contributed by atoms with Gasteiger partial charge in [-0.2, -0.15) is 0 Å². The number of nitrogens with one attached hydrogen (secondary N) is 2. The molecule has 7 heteroatoms. The second-order valence-corrected chi connectivity index (χ2v) is 9.11. The number of quaternary nitrogens is 2. The third kappa shape index (κ3) is 5.41. The average Bonchev–Trinajstić information content (AvgIpc) is 3.40. The molecular formula is C22H36N6O+2. The second kappa shape index (κ2) is 9.78. The molecule has 7 nitrogen and oxygen atoms in total. The number of ether oxygens (including phenoxy) is 1. The van der Waals surface area contributed by atoms with E-state index in [0.29, 0.717) is 12.0 Å². The molecule has 4 rings (SSSR count). The van der Waals surface area contributed by atoms with Crippen LogP contribution >= 0.6 is 0 Å². The molecule has 0 saturated carbocycles. The Labute approximate surface area is 174 Å². The van der Waals surface area contributed by atoms with E-state index in [0.717, 1.165) is 44.8 Å². The molecule has 0 amide bonds. The smallest absolute Gasteiger partial charge is 0.209 e. The Hall–Kier alpha value is -1.83. The first-order chi connectivity index (χ1) is 14.2. The number of hydrogen-bond acceptors (Lipinski definition) is 4. The molecule has 0 spiro atoms. The van der Waals surface area contributed by atoms with Gasteiger partial charge in [-0.15, -0.1) is 5.10 Å². The van der Waals surface area contributed by atoms with E-state index in [4.69, 9.17) is 4.74 Å². The monoisotopic (exact) mass is 400 g/mol. The third-order valence-electron chi connectivity index (χ3n) is 6.37. The third-order valence-corrected chi connectivity index (χ3v) is 6.37. The standard InChI is InChI=1S/C22H34N6O/c1-18(2)15-21(22-23-24-25-28(22)17-20-9-6-14-29-20)27-12-10-26(11-13-27)16-19-7-4-3-5-8-19/h3-5,7-8,18,20-21H,6,9-17H2,1-2H3/p+2/t20-,21+/m0/s1. The summed E-state index contributed by atoms with van der Waals surface area (Å²) in [4.78, 5) is 3.32. The summed E-state index contributed by atoms with van der Waals surface area (Å²) >= 11 is 0. The van der Waals surface area contributed by atoms with E-state index in [1.165, 1.54) is 31.7 Å². The first-order valence-corrected chi connectivity index (χ1v) is 11.3. The molecular weight excluding hydrogens is 364 g/mol. The van der Waals surface area contributed by atoms with Gasteiger partial charge in [0.25, 0.3) is 0 Å². The van der Waals surface area contributed by atoms with Crippen molar-refractivity contribution in [3.63, 3.8) is 0 Å². The first-order valence-electron chi connectivity index (χ1n) is 11.3. The van der Waals surface area contributed by atoms with Crippen molar-refractivity contribution < 1.29 is 14.5 Å². The zero-order valence-corrected chi connectivity index (χ0v) is 17.9. The van der Waals surface area contributed by atoms with Gasteiger partial charge in [-0.3, -0.25) is 0 Å². The fourth-order valence-electron chi connectivity index (χ4n) is 4.83. The number of tetrazole rings is 1. The Morgan fingerprint density at radius 2 is 1.93 bits per heavy atom. The zero-order valence-electron chi connectivity index (χ0n) is 17.9. The molecule has 2 atom stereocenters. The van der Waals surface area contributed by atoms with E-state index in [9.17, 15) is 0 Å². The predicted octanol–water partition coefficient (Wildman–Crippen LogP) is -0.0771. The molecule has 0 radical (unpaired) electrons. The van der Waals surface area contributed by atoms with Crippen LogP contribution in [0.4, 0.5) is 0 Å². The molecule has 1 aromatic heterocycles. The van der Waals surface area contributed by atoms with Gasteiger partial charge in [-0.05, 0) is 29.2 Å². The van der Waals surface area contributed by atoms with Crippen molar-refractivity contribution in [2.24, 2.45) is 5.92 Å². The lowest BCUT2D eigenvalue weighted by atomic mass is 10.0. The van der Waals surface area contributed by atoms with Gasteiger partial charge in [0, 0.05) is 18.6 Å². The van der Waals surface area contributed by atoms with Crippen molar-refractivity contribution in [2.75, 3.05) is 32.8 Å². The Bertz CT molecular complexity index is 735. The molecule has 2 aromatic rings. The Morgan fingerprint density at radius 3 is 2.62 bits per heavy atom. The van der Waals surface area contributed by atoms with Crippen molar-refractivity contribution in [1.82, 2.24) is 20.2 Å². The Balaban J connectivity index is 1.41. The number of benzene rings is 1. The molecule has 29 heavy (non-hydrogen) atoms. The minimum absolute atomic E-state index is 0.263.